The SMILES string of the molecule is CCCC.COC[C@@]12CCCN1CC(C)(C)C2. The van der Waals surface area contributed by atoms with E-state index in [4.69, 9.17) is 4.74 Å². The van der Waals surface area contributed by atoms with E-state index in [0.717, 1.165) is 6.61 Å². The quantitative estimate of drug-likeness (QED) is 0.747. The molecule has 2 aliphatic heterocycles. The van der Waals surface area contributed by atoms with Crippen LogP contribution in [-0.2, 0) is 4.74 Å². The lowest BCUT2D eigenvalue weighted by Gasteiger charge is -2.31. The molecule has 0 N–H and O–H groups in total. The summed E-state index contributed by atoms with van der Waals surface area (Å²) >= 11 is 0. The first-order chi connectivity index (χ1) is 7.99. The van der Waals surface area contributed by atoms with Gasteiger partial charge in [0.15, 0.2) is 0 Å². The molecule has 0 radical (unpaired) electrons. The van der Waals surface area contributed by atoms with Crippen molar-refractivity contribution in [1.29, 1.82) is 0 Å². The lowest BCUT2D eigenvalue weighted by molar-refractivity contribution is 0.0650. The highest BCUT2D eigenvalue weighted by Gasteiger charge is 2.51. The number of hydrogen-bond acceptors (Lipinski definition) is 2. The van der Waals surface area contributed by atoms with E-state index in [9.17, 15) is 0 Å². The van der Waals surface area contributed by atoms with Crippen LogP contribution < -0.4 is 0 Å². The summed E-state index contributed by atoms with van der Waals surface area (Å²) in [4.78, 5) is 2.65. The summed E-state index contributed by atoms with van der Waals surface area (Å²) in [5.74, 6) is 0. The van der Waals surface area contributed by atoms with Gasteiger partial charge in [-0.3, -0.25) is 4.90 Å². The van der Waals surface area contributed by atoms with E-state index in [-0.39, 0.29) is 0 Å². The Balaban J connectivity index is 0.000000317. The number of ether oxygens (including phenoxy) is 1. The third-order valence-corrected chi connectivity index (χ3v) is 4.08. The van der Waals surface area contributed by atoms with Crippen molar-refractivity contribution >= 4 is 0 Å². The molecule has 0 saturated carbocycles. The van der Waals surface area contributed by atoms with E-state index >= 15 is 0 Å². The maximum absolute atomic E-state index is 5.38. The van der Waals surface area contributed by atoms with E-state index in [1.165, 1.54) is 45.2 Å². The zero-order chi connectivity index (χ0) is 12.9. The molecule has 0 unspecified atom stereocenters. The first-order valence-electron chi connectivity index (χ1n) is 7.23. The first-order valence-corrected chi connectivity index (χ1v) is 7.23. The monoisotopic (exact) mass is 241 g/mol. The second-order valence-corrected chi connectivity index (χ2v) is 6.52. The molecule has 0 aromatic carbocycles. The highest BCUT2D eigenvalue weighted by atomic mass is 16.5. The molecule has 2 fully saturated rings. The molecule has 0 aromatic rings. The third-order valence-electron chi connectivity index (χ3n) is 4.08. The predicted octanol–water partition coefficient (Wildman–Crippen LogP) is 3.70. The molecule has 17 heavy (non-hydrogen) atoms. The Kier molecular flexibility index (Phi) is 5.46. The van der Waals surface area contributed by atoms with Gasteiger partial charge in [-0.05, 0) is 31.2 Å². The molecular weight excluding hydrogens is 210 g/mol. The van der Waals surface area contributed by atoms with Crippen molar-refractivity contribution in [3.05, 3.63) is 0 Å². The molecule has 102 valence electrons. The van der Waals surface area contributed by atoms with Crippen LogP contribution >= 0.6 is 0 Å². The Morgan fingerprint density at radius 2 is 1.82 bits per heavy atom. The Morgan fingerprint density at radius 1 is 1.18 bits per heavy atom. The Hall–Kier alpha value is -0.0800. The number of fused-ring (bicyclic) bond motifs is 1. The zero-order valence-electron chi connectivity index (χ0n) is 12.5. The van der Waals surface area contributed by atoms with Gasteiger partial charge in [-0.15, -0.1) is 0 Å². The Morgan fingerprint density at radius 3 is 2.35 bits per heavy atom. The maximum atomic E-state index is 5.38. The van der Waals surface area contributed by atoms with Gasteiger partial charge in [0.05, 0.1) is 6.61 Å². The van der Waals surface area contributed by atoms with Gasteiger partial charge < -0.3 is 4.74 Å². The van der Waals surface area contributed by atoms with E-state index in [2.05, 4.69) is 32.6 Å². The average Bonchev–Trinajstić information content (AvgIpc) is 2.70. The van der Waals surface area contributed by atoms with Crippen molar-refractivity contribution in [2.45, 2.75) is 65.3 Å². The highest BCUT2D eigenvalue weighted by molar-refractivity contribution is 5.06. The number of unbranched alkanes of at least 4 members (excludes halogenated alkanes) is 1. The molecule has 0 aromatic heterocycles. The summed E-state index contributed by atoms with van der Waals surface area (Å²) in [5.41, 5.74) is 0.900. The summed E-state index contributed by atoms with van der Waals surface area (Å²) in [6, 6.07) is 0. The minimum absolute atomic E-state index is 0.401. The first kappa shape index (κ1) is 15.0. The van der Waals surface area contributed by atoms with Gasteiger partial charge in [-0.1, -0.05) is 40.5 Å². The zero-order valence-corrected chi connectivity index (χ0v) is 12.5. The van der Waals surface area contributed by atoms with Gasteiger partial charge in [0.1, 0.15) is 0 Å². The third kappa shape index (κ3) is 3.69. The van der Waals surface area contributed by atoms with Gasteiger partial charge in [0.25, 0.3) is 0 Å². The summed E-state index contributed by atoms with van der Waals surface area (Å²) in [6.07, 6.45) is 6.65. The van der Waals surface area contributed by atoms with E-state index in [1.54, 1.807) is 0 Å². The van der Waals surface area contributed by atoms with Crippen LogP contribution in [-0.4, -0.2) is 37.2 Å². The largest absolute Gasteiger partial charge is 0.383 e. The smallest absolute Gasteiger partial charge is 0.0646 e. The molecule has 2 saturated heterocycles. The van der Waals surface area contributed by atoms with Crippen LogP contribution in [0.4, 0.5) is 0 Å². The summed E-state index contributed by atoms with van der Waals surface area (Å²) < 4.78 is 5.38. The van der Waals surface area contributed by atoms with Gasteiger partial charge in [0, 0.05) is 19.2 Å². The minimum Gasteiger partial charge on any atom is -0.383 e. The topological polar surface area (TPSA) is 12.5 Å². The van der Waals surface area contributed by atoms with Gasteiger partial charge in [-0.25, -0.2) is 0 Å². The summed E-state index contributed by atoms with van der Waals surface area (Å²) in [7, 11) is 1.83. The minimum atomic E-state index is 0.401. The molecule has 0 amide bonds. The second-order valence-electron chi connectivity index (χ2n) is 6.52. The molecule has 0 spiro atoms. The molecular formula is C15H31NO. The van der Waals surface area contributed by atoms with Crippen LogP contribution in [0, 0.1) is 5.41 Å². The molecule has 0 aliphatic carbocycles. The molecule has 2 aliphatic rings. The summed E-state index contributed by atoms with van der Waals surface area (Å²) in [6.45, 7) is 12.6. The number of nitrogens with zero attached hydrogens (tertiary/aromatic N) is 1. The van der Waals surface area contributed by atoms with Gasteiger partial charge >= 0.3 is 0 Å². The fourth-order valence-electron chi connectivity index (χ4n) is 3.39. The maximum Gasteiger partial charge on any atom is 0.0646 e. The number of hydrogen-bond donors (Lipinski definition) is 0. The number of rotatable bonds is 3. The van der Waals surface area contributed by atoms with E-state index < -0.39 is 0 Å². The van der Waals surface area contributed by atoms with Crippen molar-refractivity contribution in [3.8, 4) is 0 Å². The predicted molar refractivity (Wildman–Crippen MR) is 74.4 cm³/mol. The van der Waals surface area contributed by atoms with E-state index in [0.29, 0.717) is 11.0 Å². The molecule has 2 nitrogen and oxygen atoms in total. The van der Waals surface area contributed by atoms with Crippen molar-refractivity contribution in [3.63, 3.8) is 0 Å². The number of methoxy groups -OCH3 is 1. The Bertz CT molecular complexity index is 225. The fourth-order valence-corrected chi connectivity index (χ4v) is 3.39. The van der Waals surface area contributed by atoms with Gasteiger partial charge in [0.2, 0.25) is 0 Å². The van der Waals surface area contributed by atoms with Crippen LogP contribution in [0.15, 0.2) is 0 Å². The molecule has 2 heteroatoms. The molecule has 2 heterocycles. The fraction of sp³-hybridized carbons (Fsp3) is 1.00. The van der Waals surface area contributed by atoms with Crippen LogP contribution in [0.2, 0.25) is 0 Å². The lowest BCUT2D eigenvalue weighted by Crippen LogP contribution is -2.42. The second kappa shape index (κ2) is 6.19. The van der Waals surface area contributed by atoms with E-state index in [1.807, 2.05) is 7.11 Å². The van der Waals surface area contributed by atoms with Crippen LogP contribution in [0.1, 0.15) is 59.8 Å². The highest BCUT2D eigenvalue weighted by Crippen LogP contribution is 2.47. The molecule has 2 rings (SSSR count). The van der Waals surface area contributed by atoms with Gasteiger partial charge in [-0.2, -0.15) is 0 Å². The van der Waals surface area contributed by atoms with Crippen molar-refractivity contribution < 1.29 is 4.74 Å². The standard InChI is InChI=1S/C11H21NO.C4H10/c1-10(2)7-11(9-13-3)5-4-6-12(11)8-10;1-3-4-2/h4-9H2,1-3H3;3-4H2,1-2H3/t11-;/m0./s1. The van der Waals surface area contributed by atoms with Crippen molar-refractivity contribution in [2.75, 3.05) is 26.8 Å². The van der Waals surface area contributed by atoms with Crippen molar-refractivity contribution in [1.82, 2.24) is 4.90 Å². The van der Waals surface area contributed by atoms with Crippen LogP contribution in [0.25, 0.3) is 0 Å². The molecule has 1 atom stereocenters. The molecule has 0 bridgehead atoms. The van der Waals surface area contributed by atoms with Crippen molar-refractivity contribution in [2.24, 2.45) is 5.41 Å². The Labute approximate surface area is 108 Å². The normalized spacial score (nSPS) is 30.9. The summed E-state index contributed by atoms with van der Waals surface area (Å²) in [5, 5.41) is 0. The van der Waals surface area contributed by atoms with Crippen LogP contribution in [0.5, 0.6) is 0 Å². The van der Waals surface area contributed by atoms with Crippen LogP contribution in [0.3, 0.4) is 0 Å². The lowest BCUT2D eigenvalue weighted by atomic mass is 9.83. The average molecular weight is 241 g/mol.